The highest BCUT2D eigenvalue weighted by Gasteiger charge is 2.24. The van der Waals surface area contributed by atoms with Crippen molar-refractivity contribution in [2.24, 2.45) is 5.16 Å². The van der Waals surface area contributed by atoms with Crippen LogP contribution in [0.4, 0.5) is 0 Å². The Kier molecular flexibility index (Phi) is 9.18. The van der Waals surface area contributed by atoms with Gasteiger partial charge in [0, 0.05) is 25.6 Å². The van der Waals surface area contributed by atoms with Crippen molar-refractivity contribution >= 4 is 29.2 Å². The number of halogens is 1. The molecule has 1 saturated heterocycles. The fourth-order valence-corrected chi connectivity index (χ4v) is 3.94. The summed E-state index contributed by atoms with van der Waals surface area (Å²) in [5.74, 6) is -1.69. The van der Waals surface area contributed by atoms with Gasteiger partial charge >= 0.3 is 5.97 Å². The largest absolute Gasteiger partial charge is 0.507 e. The van der Waals surface area contributed by atoms with Crippen LogP contribution in [0.1, 0.15) is 54.4 Å². The van der Waals surface area contributed by atoms with E-state index in [1.54, 1.807) is 11.0 Å². The average Bonchev–Trinajstić information content (AvgIpc) is 2.80. The molecule has 2 aliphatic rings. The minimum absolute atomic E-state index is 0.0184. The second kappa shape index (κ2) is 12.3. The summed E-state index contributed by atoms with van der Waals surface area (Å²) < 4.78 is 5.27. The van der Waals surface area contributed by atoms with Crippen LogP contribution in [0.2, 0.25) is 5.02 Å². The first-order valence-electron chi connectivity index (χ1n) is 11.2. The lowest BCUT2D eigenvalue weighted by Crippen LogP contribution is -2.37. The summed E-state index contributed by atoms with van der Waals surface area (Å²) in [6.07, 6.45) is 12.7. The standard InChI is InChI=1S/C24H29ClN2O6/c25-23-18-14-17(26-33-16-21(30)27-11-7-5-8-12-27)10-6-3-1-2-4-9-13-32-24(31)22(18)19(28)15-20(23)29/h2,4,6,10,15,28-29H,1,3,5,7-9,11-14,16H2/b4-2+,10-6+,26-17?. The predicted molar refractivity (Wildman–Crippen MR) is 125 cm³/mol. The Hall–Kier alpha value is -3.00. The molecule has 1 aromatic carbocycles. The highest BCUT2D eigenvalue weighted by atomic mass is 35.5. The summed E-state index contributed by atoms with van der Waals surface area (Å²) in [6, 6.07) is 1.01. The van der Waals surface area contributed by atoms with Crippen LogP contribution in [0.15, 0.2) is 35.5 Å². The smallest absolute Gasteiger partial charge is 0.342 e. The summed E-state index contributed by atoms with van der Waals surface area (Å²) in [5.41, 5.74) is 0.411. The fourth-order valence-electron chi connectivity index (χ4n) is 3.72. The van der Waals surface area contributed by atoms with Gasteiger partial charge in [0.05, 0.1) is 17.3 Å². The van der Waals surface area contributed by atoms with E-state index < -0.39 is 11.7 Å². The zero-order valence-corrected chi connectivity index (χ0v) is 19.2. The maximum absolute atomic E-state index is 12.7. The third kappa shape index (κ3) is 6.99. The van der Waals surface area contributed by atoms with E-state index in [-0.39, 0.29) is 47.4 Å². The summed E-state index contributed by atoms with van der Waals surface area (Å²) in [6.45, 7) is 1.38. The van der Waals surface area contributed by atoms with E-state index in [9.17, 15) is 19.8 Å². The predicted octanol–water partition coefficient (Wildman–Crippen LogP) is 4.13. The highest BCUT2D eigenvalue weighted by Crippen LogP contribution is 2.37. The van der Waals surface area contributed by atoms with Crippen LogP contribution >= 0.6 is 11.6 Å². The van der Waals surface area contributed by atoms with Crippen LogP contribution < -0.4 is 0 Å². The number of carbonyl (C=O) groups is 2. The second-order valence-electron chi connectivity index (χ2n) is 7.93. The molecule has 0 bridgehead atoms. The molecule has 2 N–H and O–H groups in total. The van der Waals surface area contributed by atoms with Crippen molar-refractivity contribution in [3.05, 3.63) is 46.5 Å². The topological polar surface area (TPSA) is 109 Å². The Labute approximate surface area is 198 Å². The molecule has 8 nitrogen and oxygen atoms in total. The maximum atomic E-state index is 12.7. The number of oxime groups is 1. The number of cyclic esters (lactones) is 1. The van der Waals surface area contributed by atoms with E-state index in [0.717, 1.165) is 51.3 Å². The van der Waals surface area contributed by atoms with E-state index in [4.69, 9.17) is 21.2 Å². The molecule has 2 aliphatic heterocycles. The number of carbonyl (C=O) groups excluding carboxylic acids is 2. The number of hydrogen-bond acceptors (Lipinski definition) is 7. The quantitative estimate of drug-likeness (QED) is 0.385. The van der Waals surface area contributed by atoms with Gasteiger partial charge in [0.25, 0.3) is 5.91 Å². The number of likely N-dealkylation sites (tertiary alicyclic amines) is 1. The first-order valence-corrected chi connectivity index (χ1v) is 11.5. The average molecular weight is 477 g/mol. The van der Waals surface area contributed by atoms with Gasteiger partial charge in [0.2, 0.25) is 0 Å². The van der Waals surface area contributed by atoms with E-state index in [0.29, 0.717) is 12.1 Å². The van der Waals surface area contributed by atoms with Crippen molar-refractivity contribution in [2.75, 3.05) is 26.3 Å². The number of phenols is 2. The van der Waals surface area contributed by atoms with Gasteiger partial charge in [0.15, 0.2) is 6.61 Å². The molecule has 9 heteroatoms. The molecular formula is C24H29ClN2O6. The number of esters is 1. The van der Waals surface area contributed by atoms with Gasteiger partial charge in [-0.15, -0.1) is 0 Å². The van der Waals surface area contributed by atoms with Gasteiger partial charge in [-0.3, -0.25) is 4.79 Å². The Morgan fingerprint density at radius 3 is 2.61 bits per heavy atom. The van der Waals surface area contributed by atoms with Crippen LogP contribution in [-0.2, 0) is 20.8 Å². The van der Waals surface area contributed by atoms with Crippen molar-refractivity contribution in [3.8, 4) is 11.5 Å². The Bertz CT molecular complexity index is 951. The van der Waals surface area contributed by atoms with Crippen LogP contribution in [-0.4, -0.2) is 59.0 Å². The van der Waals surface area contributed by atoms with Gasteiger partial charge in [-0.25, -0.2) is 4.79 Å². The van der Waals surface area contributed by atoms with Gasteiger partial charge in [0.1, 0.15) is 17.1 Å². The number of fused-ring (bicyclic) bond motifs is 1. The molecular weight excluding hydrogens is 448 g/mol. The Balaban J connectivity index is 1.86. The summed E-state index contributed by atoms with van der Waals surface area (Å²) in [4.78, 5) is 32.1. The molecule has 0 aliphatic carbocycles. The molecule has 0 unspecified atom stereocenters. The molecule has 1 amide bonds. The molecule has 0 aromatic heterocycles. The Morgan fingerprint density at radius 2 is 1.82 bits per heavy atom. The summed E-state index contributed by atoms with van der Waals surface area (Å²) in [5, 5.41) is 24.5. The number of phenolic OH excluding ortho intramolecular Hbond substituents is 2. The Morgan fingerprint density at radius 1 is 1.09 bits per heavy atom. The molecule has 0 saturated carbocycles. The van der Waals surface area contributed by atoms with Gasteiger partial charge < -0.3 is 24.7 Å². The first kappa shape index (κ1) is 24.6. The highest BCUT2D eigenvalue weighted by molar-refractivity contribution is 6.33. The van der Waals surface area contributed by atoms with E-state index >= 15 is 0 Å². The maximum Gasteiger partial charge on any atom is 0.342 e. The van der Waals surface area contributed by atoms with Crippen LogP contribution in [0, 0.1) is 0 Å². The number of allylic oxidation sites excluding steroid dienone is 3. The van der Waals surface area contributed by atoms with E-state index in [2.05, 4.69) is 5.16 Å². The van der Waals surface area contributed by atoms with Crippen LogP contribution in [0.25, 0.3) is 0 Å². The van der Waals surface area contributed by atoms with Crippen molar-refractivity contribution in [1.82, 2.24) is 4.90 Å². The lowest BCUT2D eigenvalue weighted by molar-refractivity contribution is -0.137. The van der Waals surface area contributed by atoms with Gasteiger partial charge in [-0.1, -0.05) is 35.0 Å². The molecule has 2 heterocycles. The zero-order chi connectivity index (χ0) is 23.6. The molecule has 178 valence electrons. The van der Waals surface area contributed by atoms with Crippen molar-refractivity contribution in [3.63, 3.8) is 0 Å². The minimum Gasteiger partial charge on any atom is -0.507 e. The van der Waals surface area contributed by atoms with Gasteiger partial charge in [-0.05, 0) is 50.2 Å². The number of aromatic hydroxyl groups is 2. The van der Waals surface area contributed by atoms with Crippen molar-refractivity contribution in [2.45, 2.75) is 44.9 Å². The monoisotopic (exact) mass is 476 g/mol. The van der Waals surface area contributed by atoms with Crippen LogP contribution in [0.5, 0.6) is 11.5 Å². The van der Waals surface area contributed by atoms with Crippen molar-refractivity contribution in [1.29, 1.82) is 0 Å². The molecule has 3 rings (SSSR count). The molecule has 1 aromatic rings. The third-order valence-corrected chi connectivity index (χ3v) is 5.88. The zero-order valence-electron chi connectivity index (χ0n) is 18.5. The number of benzene rings is 1. The number of nitrogens with zero attached hydrogens (tertiary/aromatic N) is 2. The number of piperidine rings is 1. The summed E-state index contributed by atoms with van der Waals surface area (Å²) >= 11 is 6.29. The molecule has 33 heavy (non-hydrogen) atoms. The third-order valence-electron chi connectivity index (χ3n) is 5.46. The number of amides is 1. The number of hydrogen-bond donors (Lipinski definition) is 2. The normalized spacial score (nSPS) is 20.9. The lowest BCUT2D eigenvalue weighted by Gasteiger charge is -2.26. The van der Waals surface area contributed by atoms with Crippen LogP contribution in [0.3, 0.4) is 0 Å². The molecule has 0 radical (unpaired) electrons. The fraction of sp³-hybridized carbons (Fsp3) is 0.458. The molecule has 0 spiro atoms. The second-order valence-corrected chi connectivity index (χ2v) is 8.31. The number of rotatable bonds is 3. The van der Waals surface area contributed by atoms with E-state index in [1.807, 2.05) is 18.2 Å². The van der Waals surface area contributed by atoms with Gasteiger partial charge in [-0.2, -0.15) is 0 Å². The van der Waals surface area contributed by atoms with E-state index in [1.165, 1.54) is 0 Å². The lowest BCUT2D eigenvalue weighted by atomic mass is 9.99. The minimum atomic E-state index is -0.751. The summed E-state index contributed by atoms with van der Waals surface area (Å²) in [7, 11) is 0. The molecule has 0 atom stereocenters. The SMILES string of the molecule is O=C1OCC/C=C/CC/C=C/C(=NOCC(=O)N2CCCCC2)Cc2c(Cl)c(O)cc(O)c21. The molecule has 1 fully saturated rings. The van der Waals surface area contributed by atoms with Crippen molar-refractivity contribution < 1.29 is 29.4 Å². The first-order chi connectivity index (χ1) is 16.0. The number of ether oxygens (including phenoxy) is 1.